The van der Waals surface area contributed by atoms with E-state index in [2.05, 4.69) is 67.0 Å². The fraction of sp³-hybridized carbons (Fsp3) is 0.632. The number of aryl methyl sites for hydroxylation is 2. The van der Waals surface area contributed by atoms with Crippen LogP contribution in [0.1, 0.15) is 50.3 Å². The van der Waals surface area contributed by atoms with E-state index < -0.39 is 0 Å². The molecule has 1 saturated heterocycles. The van der Waals surface area contributed by atoms with E-state index in [4.69, 9.17) is 5.10 Å². The van der Waals surface area contributed by atoms with Crippen LogP contribution >= 0.6 is 0 Å². The first-order valence-electron chi connectivity index (χ1n) is 8.85. The molecule has 2 aromatic rings. The molecule has 132 valence electrons. The second kappa shape index (κ2) is 6.36. The van der Waals surface area contributed by atoms with E-state index in [1.807, 2.05) is 0 Å². The third-order valence-corrected chi connectivity index (χ3v) is 4.99. The van der Waals surface area contributed by atoms with Gasteiger partial charge in [0, 0.05) is 48.2 Å². The van der Waals surface area contributed by atoms with Crippen molar-refractivity contribution in [1.29, 1.82) is 0 Å². The molecule has 1 aliphatic heterocycles. The van der Waals surface area contributed by atoms with Gasteiger partial charge in [0.1, 0.15) is 6.67 Å². The minimum atomic E-state index is -0.273. The Morgan fingerprint density at radius 1 is 1.21 bits per heavy atom. The van der Waals surface area contributed by atoms with Gasteiger partial charge >= 0.3 is 0 Å². The lowest BCUT2D eigenvalue weighted by atomic mass is 9.91. The molecule has 0 radical (unpaired) electrons. The maximum Gasteiger partial charge on any atom is 0.159 e. The number of hydrogen-bond donors (Lipinski definition) is 0. The highest BCUT2D eigenvalue weighted by atomic mass is 19.1. The van der Waals surface area contributed by atoms with Crippen molar-refractivity contribution in [3.63, 3.8) is 0 Å². The molecule has 1 fully saturated rings. The topological polar surface area (TPSA) is 26.0 Å². The first-order valence-corrected chi connectivity index (χ1v) is 8.85. The Bertz CT molecular complexity index is 688. The Balaban J connectivity index is 2.00. The molecule has 24 heavy (non-hydrogen) atoms. The molecule has 0 N–H and O–H groups in total. The van der Waals surface area contributed by atoms with Gasteiger partial charge in [0.15, 0.2) is 5.82 Å². The van der Waals surface area contributed by atoms with E-state index in [1.54, 1.807) is 0 Å². The number of nitrogens with zero attached hydrogens (tertiary/aromatic N) is 4. The first-order chi connectivity index (χ1) is 11.3. The molecule has 0 aliphatic carbocycles. The van der Waals surface area contributed by atoms with Gasteiger partial charge in [0.25, 0.3) is 0 Å². The lowest BCUT2D eigenvalue weighted by Gasteiger charge is -2.23. The second-order valence-corrected chi connectivity index (χ2v) is 7.97. The molecule has 0 unspecified atom stereocenters. The van der Waals surface area contributed by atoms with Crippen LogP contribution < -0.4 is 0 Å². The van der Waals surface area contributed by atoms with Gasteiger partial charge in [-0.1, -0.05) is 20.8 Å². The third kappa shape index (κ3) is 3.14. The summed E-state index contributed by atoms with van der Waals surface area (Å²) in [5.41, 5.74) is 3.66. The molecule has 0 saturated carbocycles. The van der Waals surface area contributed by atoms with Gasteiger partial charge in [-0.15, -0.1) is 0 Å². The highest BCUT2D eigenvalue weighted by molar-refractivity contribution is 5.35. The SMILES string of the molecule is Cc1ccc(C)n1-c1cc(C(C)(C)C)n([C@@H]2CCN(CCF)C2)n1. The minimum absolute atomic E-state index is 0.0215. The highest BCUT2D eigenvalue weighted by Crippen LogP contribution is 2.31. The van der Waals surface area contributed by atoms with Crippen LogP contribution in [-0.4, -0.2) is 45.6 Å². The molecule has 2 aromatic heterocycles. The van der Waals surface area contributed by atoms with Gasteiger partial charge in [-0.3, -0.25) is 9.58 Å². The number of halogens is 1. The molecular weight excluding hydrogens is 303 g/mol. The molecular formula is C19H29FN4. The molecule has 0 spiro atoms. The molecule has 3 heterocycles. The van der Waals surface area contributed by atoms with Crippen molar-refractivity contribution in [2.24, 2.45) is 0 Å². The Morgan fingerprint density at radius 2 is 1.88 bits per heavy atom. The number of aromatic nitrogens is 3. The van der Waals surface area contributed by atoms with Crippen molar-refractivity contribution >= 4 is 0 Å². The summed E-state index contributed by atoms with van der Waals surface area (Å²) in [5.74, 6) is 0.990. The summed E-state index contributed by atoms with van der Waals surface area (Å²) in [6.07, 6.45) is 1.04. The monoisotopic (exact) mass is 332 g/mol. The zero-order valence-electron chi connectivity index (χ0n) is 15.5. The van der Waals surface area contributed by atoms with Crippen molar-refractivity contribution in [1.82, 2.24) is 19.2 Å². The zero-order chi connectivity index (χ0) is 17.5. The predicted molar refractivity (Wildman–Crippen MR) is 95.8 cm³/mol. The molecule has 1 aliphatic rings. The van der Waals surface area contributed by atoms with E-state index in [-0.39, 0.29) is 12.1 Å². The minimum Gasteiger partial charge on any atom is -0.302 e. The number of hydrogen-bond acceptors (Lipinski definition) is 2. The summed E-state index contributed by atoms with van der Waals surface area (Å²) in [7, 11) is 0. The van der Waals surface area contributed by atoms with E-state index in [0.717, 1.165) is 25.3 Å². The van der Waals surface area contributed by atoms with Crippen molar-refractivity contribution in [2.75, 3.05) is 26.3 Å². The second-order valence-electron chi connectivity index (χ2n) is 7.97. The Hall–Kier alpha value is -1.62. The quantitative estimate of drug-likeness (QED) is 0.851. The van der Waals surface area contributed by atoms with Gasteiger partial charge < -0.3 is 4.57 Å². The van der Waals surface area contributed by atoms with Gasteiger partial charge in [-0.2, -0.15) is 5.10 Å². The van der Waals surface area contributed by atoms with Crippen LogP contribution in [0.5, 0.6) is 0 Å². The molecule has 1 atom stereocenters. The summed E-state index contributed by atoms with van der Waals surface area (Å²) in [6.45, 7) is 13.0. The Kier molecular flexibility index (Phi) is 4.56. The van der Waals surface area contributed by atoms with Gasteiger partial charge in [-0.25, -0.2) is 4.39 Å². The summed E-state index contributed by atoms with van der Waals surface area (Å²) in [4.78, 5) is 2.20. The van der Waals surface area contributed by atoms with Crippen LogP contribution in [0.15, 0.2) is 18.2 Å². The van der Waals surface area contributed by atoms with Crippen molar-refractivity contribution in [3.05, 3.63) is 35.3 Å². The van der Waals surface area contributed by atoms with Crippen LogP contribution in [-0.2, 0) is 5.41 Å². The van der Waals surface area contributed by atoms with Crippen molar-refractivity contribution in [3.8, 4) is 5.82 Å². The van der Waals surface area contributed by atoms with E-state index in [0.29, 0.717) is 12.6 Å². The van der Waals surface area contributed by atoms with E-state index >= 15 is 0 Å². The summed E-state index contributed by atoms with van der Waals surface area (Å²) >= 11 is 0. The van der Waals surface area contributed by atoms with Gasteiger partial charge in [0.2, 0.25) is 0 Å². The average molecular weight is 332 g/mol. The molecule has 0 bridgehead atoms. The van der Waals surface area contributed by atoms with E-state index in [1.165, 1.54) is 17.1 Å². The number of likely N-dealkylation sites (tertiary alicyclic amines) is 1. The fourth-order valence-corrected chi connectivity index (χ4v) is 3.69. The van der Waals surface area contributed by atoms with Crippen molar-refractivity contribution < 1.29 is 4.39 Å². The largest absolute Gasteiger partial charge is 0.302 e. The van der Waals surface area contributed by atoms with Crippen LogP contribution in [0.25, 0.3) is 5.82 Å². The molecule has 3 rings (SSSR count). The molecule has 0 aromatic carbocycles. The lowest BCUT2D eigenvalue weighted by molar-refractivity contribution is 0.282. The third-order valence-electron chi connectivity index (χ3n) is 4.99. The average Bonchev–Trinajstić information content (AvgIpc) is 3.17. The highest BCUT2D eigenvalue weighted by Gasteiger charge is 2.30. The summed E-state index contributed by atoms with van der Waals surface area (Å²) in [6, 6.07) is 6.81. The first kappa shape index (κ1) is 17.2. The smallest absolute Gasteiger partial charge is 0.159 e. The Labute approximate surface area is 144 Å². The molecule has 0 amide bonds. The maximum absolute atomic E-state index is 12.7. The fourth-order valence-electron chi connectivity index (χ4n) is 3.69. The van der Waals surface area contributed by atoms with Crippen LogP contribution in [0, 0.1) is 13.8 Å². The van der Waals surface area contributed by atoms with Gasteiger partial charge in [-0.05, 0) is 32.4 Å². The number of alkyl halides is 1. The normalized spacial score (nSPS) is 19.3. The Morgan fingerprint density at radius 3 is 2.46 bits per heavy atom. The van der Waals surface area contributed by atoms with Crippen molar-refractivity contribution in [2.45, 2.75) is 52.5 Å². The van der Waals surface area contributed by atoms with Crippen LogP contribution in [0.2, 0.25) is 0 Å². The standard InChI is InChI=1S/C19H29FN4/c1-14-6-7-15(2)23(14)18-12-17(19(3,4)5)24(21-18)16-8-10-22(13-16)11-9-20/h6-7,12,16H,8-11,13H2,1-5H3/t16-/m1/s1. The summed E-state index contributed by atoms with van der Waals surface area (Å²) in [5, 5.41) is 4.98. The lowest BCUT2D eigenvalue weighted by Crippen LogP contribution is -2.26. The van der Waals surface area contributed by atoms with Gasteiger partial charge in [0.05, 0.1) is 6.04 Å². The van der Waals surface area contributed by atoms with Crippen LogP contribution in [0.3, 0.4) is 0 Å². The summed E-state index contributed by atoms with van der Waals surface area (Å²) < 4.78 is 17.1. The van der Waals surface area contributed by atoms with E-state index in [9.17, 15) is 4.39 Å². The van der Waals surface area contributed by atoms with Crippen LogP contribution in [0.4, 0.5) is 4.39 Å². The molecule has 5 heteroatoms. The number of rotatable bonds is 4. The predicted octanol–water partition coefficient (Wildman–Crippen LogP) is 3.80. The zero-order valence-corrected chi connectivity index (χ0v) is 15.5. The maximum atomic E-state index is 12.7. The molecule has 4 nitrogen and oxygen atoms in total.